The van der Waals surface area contributed by atoms with Gasteiger partial charge in [-0.15, -0.1) is 11.3 Å². The molecule has 0 aliphatic heterocycles. The van der Waals surface area contributed by atoms with E-state index in [1.807, 2.05) is 17.5 Å². The summed E-state index contributed by atoms with van der Waals surface area (Å²) in [6.07, 6.45) is 0.677. The molecule has 2 aromatic rings. The van der Waals surface area contributed by atoms with Crippen molar-refractivity contribution in [3.8, 4) is 5.88 Å². The van der Waals surface area contributed by atoms with Gasteiger partial charge in [-0.1, -0.05) is 6.07 Å². The molecule has 0 aliphatic rings. The zero-order valence-corrected chi connectivity index (χ0v) is 10.7. The predicted molar refractivity (Wildman–Crippen MR) is 72.2 cm³/mol. The molecule has 100 valence electrons. The highest BCUT2D eigenvalue weighted by Gasteiger charge is 2.17. The Morgan fingerprint density at radius 1 is 1.47 bits per heavy atom. The van der Waals surface area contributed by atoms with Gasteiger partial charge in [-0.25, -0.2) is 5.84 Å². The van der Waals surface area contributed by atoms with E-state index in [0.29, 0.717) is 18.8 Å². The third kappa shape index (κ3) is 3.39. The van der Waals surface area contributed by atoms with E-state index in [9.17, 15) is 10.1 Å². The molecule has 0 fully saturated rings. The summed E-state index contributed by atoms with van der Waals surface area (Å²) in [6, 6.07) is 6.65. The van der Waals surface area contributed by atoms with Crippen LogP contribution in [0.25, 0.3) is 0 Å². The van der Waals surface area contributed by atoms with Crippen molar-refractivity contribution in [3.63, 3.8) is 0 Å². The lowest BCUT2D eigenvalue weighted by atomic mass is 10.3. The number of hydrogen-bond acceptors (Lipinski definition) is 7. The van der Waals surface area contributed by atoms with Gasteiger partial charge >= 0.3 is 5.69 Å². The number of aromatic nitrogens is 1. The van der Waals surface area contributed by atoms with E-state index in [0.717, 1.165) is 4.88 Å². The van der Waals surface area contributed by atoms with Gasteiger partial charge in [0.1, 0.15) is 5.82 Å². The summed E-state index contributed by atoms with van der Waals surface area (Å²) in [7, 11) is 0. The number of nitro groups is 1. The van der Waals surface area contributed by atoms with Crippen molar-refractivity contribution in [1.29, 1.82) is 0 Å². The average molecular weight is 280 g/mol. The fourth-order valence-corrected chi connectivity index (χ4v) is 2.15. The lowest BCUT2D eigenvalue weighted by Gasteiger charge is -2.06. The highest BCUT2D eigenvalue weighted by atomic mass is 32.1. The van der Waals surface area contributed by atoms with Crippen LogP contribution >= 0.6 is 11.3 Å². The highest BCUT2D eigenvalue weighted by Crippen LogP contribution is 2.26. The summed E-state index contributed by atoms with van der Waals surface area (Å²) in [6.45, 7) is 0.322. The Balaban J connectivity index is 2.06. The van der Waals surface area contributed by atoms with Crippen molar-refractivity contribution in [1.82, 2.24) is 4.98 Å². The molecule has 0 amide bonds. The van der Waals surface area contributed by atoms with E-state index in [1.54, 1.807) is 11.3 Å². The minimum atomic E-state index is -0.534. The highest BCUT2D eigenvalue weighted by molar-refractivity contribution is 7.09. The summed E-state index contributed by atoms with van der Waals surface area (Å²) >= 11 is 1.61. The Labute approximate surface area is 113 Å². The fourth-order valence-electron chi connectivity index (χ4n) is 1.46. The molecule has 0 radical (unpaired) electrons. The van der Waals surface area contributed by atoms with Gasteiger partial charge in [-0.2, -0.15) is 4.98 Å². The SMILES string of the molecule is NNc1ccc([N+](=O)[O-])c(OCCc2cccs2)n1. The van der Waals surface area contributed by atoms with Crippen molar-refractivity contribution < 1.29 is 9.66 Å². The van der Waals surface area contributed by atoms with E-state index in [1.165, 1.54) is 12.1 Å². The monoisotopic (exact) mass is 280 g/mol. The van der Waals surface area contributed by atoms with Crippen LogP contribution in [0.5, 0.6) is 5.88 Å². The molecule has 0 aliphatic carbocycles. The number of ether oxygens (including phenoxy) is 1. The quantitative estimate of drug-likeness (QED) is 0.476. The van der Waals surface area contributed by atoms with Crippen LogP contribution < -0.4 is 16.0 Å². The first-order valence-corrected chi connectivity index (χ1v) is 6.36. The first-order chi connectivity index (χ1) is 9.20. The number of nitrogens with one attached hydrogen (secondary N) is 1. The van der Waals surface area contributed by atoms with Gasteiger partial charge in [-0.05, 0) is 17.5 Å². The second-order valence-corrected chi connectivity index (χ2v) is 4.63. The van der Waals surface area contributed by atoms with Gasteiger partial charge < -0.3 is 10.2 Å². The Kier molecular flexibility index (Phi) is 4.26. The zero-order valence-electron chi connectivity index (χ0n) is 9.91. The lowest BCUT2D eigenvalue weighted by molar-refractivity contribution is -0.386. The maximum absolute atomic E-state index is 10.8. The third-order valence-electron chi connectivity index (χ3n) is 2.35. The number of nitrogens with two attached hydrogens (primary N) is 1. The smallest absolute Gasteiger partial charge is 0.331 e. The Hall–Kier alpha value is -2.19. The molecule has 0 saturated carbocycles. The second kappa shape index (κ2) is 6.12. The molecule has 0 bridgehead atoms. The standard InChI is InChI=1S/C11H12N4O3S/c12-14-10-4-3-9(15(16)17)11(13-10)18-6-5-8-2-1-7-19-8/h1-4,7H,5-6,12H2,(H,13,14). The number of anilines is 1. The minimum Gasteiger partial charge on any atom is -0.472 e. The number of nitrogens with zero attached hydrogens (tertiary/aromatic N) is 2. The second-order valence-electron chi connectivity index (χ2n) is 3.60. The molecular weight excluding hydrogens is 268 g/mol. The molecule has 2 heterocycles. The molecule has 2 aromatic heterocycles. The molecular formula is C11H12N4O3S. The van der Waals surface area contributed by atoms with Gasteiger partial charge in [0, 0.05) is 17.4 Å². The van der Waals surface area contributed by atoms with Crippen LogP contribution in [0.2, 0.25) is 0 Å². The topological polar surface area (TPSA) is 103 Å². The largest absolute Gasteiger partial charge is 0.472 e. The van der Waals surface area contributed by atoms with Crippen molar-refractivity contribution in [2.75, 3.05) is 12.0 Å². The first kappa shape index (κ1) is 13.2. The van der Waals surface area contributed by atoms with Crippen molar-refractivity contribution in [2.24, 2.45) is 5.84 Å². The Morgan fingerprint density at radius 2 is 2.32 bits per heavy atom. The number of pyridine rings is 1. The molecule has 0 atom stereocenters. The van der Waals surface area contributed by atoms with Crippen molar-refractivity contribution in [3.05, 3.63) is 44.6 Å². The summed E-state index contributed by atoms with van der Waals surface area (Å²) < 4.78 is 5.37. The molecule has 0 spiro atoms. The first-order valence-electron chi connectivity index (χ1n) is 5.48. The van der Waals surface area contributed by atoms with Crippen LogP contribution in [0.3, 0.4) is 0 Å². The van der Waals surface area contributed by atoms with Crippen LogP contribution in [-0.4, -0.2) is 16.5 Å². The van der Waals surface area contributed by atoms with Gasteiger partial charge in [0.2, 0.25) is 0 Å². The van der Waals surface area contributed by atoms with Gasteiger partial charge in [0.25, 0.3) is 5.88 Å². The van der Waals surface area contributed by atoms with Crippen LogP contribution in [0.4, 0.5) is 11.5 Å². The lowest BCUT2D eigenvalue weighted by Crippen LogP contribution is -2.10. The van der Waals surface area contributed by atoms with Crippen molar-refractivity contribution >= 4 is 22.8 Å². The molecule has 8 heteroatoms. The summed E-state index contributed by atoms with van der Waals surface area (Å²) in [4.78, 5) is 15.4. The number of hydrogen-bond donors (Lipinski definition) is 2. The predicted octanol–water partition coefficient (Wildman–Crippen LogP) is 1.96. The number of thiophene rings is 1. The number of hydrazine groups is 1. The normalized spacial score (nSPS) is 10.2. The van der Waals surface area contributed by atoms with E-state index in [-0.39, 0.29) is 11.6 Å². The maximum atomic E-state index is 10.8. The van der Waals surface area contributed by atoms with E-state index < -0.39 is 4.92 Å². The van der Waals surface area contributed by atoms with Crippen LogP contribution in [0.15, 0.2) is 29.6 Å². The summed E-state index contributed by atoms with van der Waals surface area (Å²) in [5, 5.41) is 12.8. The van der Waals surface area contributed by atoms with E-state index in [2.05, 4.69) is 10.4 Å². The minimum absolute atomic E-state index is 0.0305. The molecule has 0 unspecified atom stereocenters. The van der Waals surface area contributed by atoms with Crippen LogP contribution in [0.1, 0.15) is 4.88 Å². The van der Waals surface area contributed by atoms with Gasteiger partial charge in [-0.3, -0.25) is 10.1 Å². The van der Waals surface area contributed by atoms with Crippen molar-refractivity contribution in [2.45, 2.75) is 6.42 Å². The van der Waals surface area contributed by atoms with Gasteiger partial charge in [0.15, 0.2) is 0 Å². The Morgan fingerprint density at radius 3 is 2.95 bits per heavy atom. The molecule has 3 N–H and O–H groups in total. The van der Waals surface area contributed by atoms with Crippen LogP contribution in [0, 0.1) is 10.1 Å². The Bertz CT molecular complexity index is 559. The maximum Gasteiger partial charge on any atom is 0.331 e. The number of nitrogen functional groups attached to an aromatic ring is 1. The van der Waals surface area contributed by atoms with E-state index in [4.69, 9.17) is 10.6 Å². The van der Waals surface area contributed by atoms with Gasteiger partial charge in [0.05, 0.1) is 11.5 Å². The molecule has 7 nitrogen and oxygen atoms in total. The summed E-state index contributed by atoms with van der Waals surface area (Å²) in [5.41, 5.74) is 2.15. The molecule has 19 heavy (non-hydrogen) atoms. The average Bonchev–Trinajstić information content (AvgIpc) is 2.91. The molecule has 0 aromatic carbocycles. The zero-order chi connectivity index (χ0) is 13.7. The fraction of sp³-hybridized carbons (Fsp3) is 0.182. The number of rotatable bonds is 6. The summed E-state index contributed by atoms with van der Waals surface area (Å²) in [5.74, 6) is 5.50. The molecule has 2 rings (SSSR count). The van der Waals surface area contributed by atoms with Crippen LogP contribution in [-0.2, 0) is 6.42 Å². The third-order valence-corrected chi connectivity index (χ3v) is 3.29. The van der Waals surface area contributed by atoms with E-state index >= 15 is 0 Å². The molecule has 0 saturated heterocycles.